The van der Waals surface area contributed by atoms with Crippen LogP contribution >= 0.6 is 15.9 Å². The standard InChI is InChI=1S/C25H33BrN2O3/c1-6-19(5)27-25(30)22(7-2)28(15-20-11-9-8-10-12-20)23(29)16-31-21-13-17(3)24(26)18(4)14-21/h8-14,19,22H,6-7,15-16H2,1-5H3,(H,27,30)/t19-,22-/m0/s1. The molecule has 31 heavy (non-hydrogen) atoms. The number of hydrogen-bond acceptors (Lipinski definition) is 3. The summed E-state index contributed by atoms with van der Waals surface area (Å²) in [5, 5.41) is 3.02. The molecule has 0 radical (unpaired) electrons. The minimum absolute atomic E-state index is 0.0557. The van der Waals surface area contributed by atoms with Crippen LogP contribution in [0.4, 0.5) is 0 Å². The minimum Gasteiger partial charge on any atom is -0.484 e. The summed E-state index contributed by atoms with van der Waals surface area (Å²) in [6.07, 6.45) is 1.36. The summed E-state index contributed by atoms with van der Waals surface area (Å²) in [4.78, 5) is 27.8. The van der Waals surface area contributed by atoms with Crippen molar-refractivity contribution in [2.75, 3.05) is 6.61 Å². The van der Waals surface area contributed by atoms with E-state index in [1.807, 2.05) is 77.1 Å². The van der Waals surface area contributed by atoms with E-state index in [0.717, 1.165) is 27.6 Å². The lowest BCUT2D eigenvalue weighted by Gasteiger charge is -2.31. The molecule has 2 aromatic rings. The summed E-state index contributed by atoms with van der Waals surface area (Å²) in [5.74, 6) is 0.299. The Labute approximate surface area is 194 Å². The molecule has 0 bridgehead atoms. The molecule has 5 nitrogen and oxygen atoms in total. The highest BCUT2D eigenvalue weighted by atomic mass is 79.9. The summed E-state index contributed by atoms with van der Waals surface area (Å²) >= 11 is 3.55. The second-order valence-electron chi connectivity index (χ2n) is 7.91. The third kappa shape index (κ3) is 7.10. The Morgan fingerprint density at radius 1 is 1.06 bits per heavy atom. The summed E-state index contributed by atoms with van der Waals surface area (Å²) in [7, 11) is 0. The first-order valence-electron chi connectivity index (χ1n) is 10.8. The molecular formula is C25H33BrN2O3. The first kappa shape index (κ1) is 24.9. The third-order valence-electron chi connectivity index (χ3n) is 5.35. The summed E-state index contributed by atoms with van der Waals surface area (Å²) in [5.41, 5.74) is 3.06. The average Bonchev–Trinajstić information content (AvgIpc) is 2.76. The molecule has 0 aliphatic carbocycles. The van der Waals surface area contributed by atoms with Crippen molar-refractivity contribution in [1.82, 2.24) is 10.2 Å². The van der Waals surface area contributed by atoms with E-state index in [1.54, 1.807) is 4.90 Å². The van der Waals surface area contributed by atoms with Gasteiger partial charge in [-0.25, -0.2) is 0 Å². The van der Waals surface area contributed by atoms with E-state index in [0.29, 0.717) is 18.7 Å². The Morgan fingerprint density at radius 2 is 1.68 bits per heavy atom. The number of halogens is 1. The van der Waals surface area contributed by atoms with Gasteiger partial charge < -0.3 is 15.0 Å². The van der Waals surface area contributed by atoms with E-state index >= 15 is 0 Å². The van der Waals surface area contributed by atoms with Crippen molar-refractivity contribution >= 4 is 27.7 Å². The molecule has 2 amide bonds. The molecule has 1 N–H and O–H groups in total. The number of nitrogens with zero attached hydrogens (tertiary/aromatic N) is 1. The fourth-order valence-corrected chi connectivity index (χ4v) is 3.59. The van der Waals surface area contributed by atoms with Gasteiger partial charge >= 0.3 is 0 Å². The predicted molar refractivity (Wildman–Crippen MR) is 128 cm³/mol. The number of benzene rings is 2. The number of hydrogen-bond donors (Lipinski definition) is 1. The second kappa shape index (κ2) is 11.9. The molecule has 0 fully saturated rings. The van der Waals surface area contributed by atoms with Crippen molar-refractivity contribution in [3.63, 3.8) is 0 Å². The highest BCUT2D eigenvalue weighted by Gasteiger charge is 2.29. The first-order chi connectivity index (χ1) is 14.8. The van der Waals surface area contributed by atoms with E-state index in [4.69, 9.17) is 4.74 Å². The molecule has 0 heterocycles. The van der Waals surface area contributed by atoms with E-state index in [-0.39, 0.29) is 24.5 Å². The molecule has 168 valence electrons. The number of carbonyl (C=O) groups is 2. The molecule has 6 heteroatoms. The van der Waals surface area contributed by atoms with Gasteiger partial charge in [-0.15, -0.1) is 0 Å². The van der Waals surface area contributed by atoms with Crippen LogP contribution in [0.15, 0.2) is 46.9 Å². The van der Waals surface area contributed by atoms with E-state index < -0.39 is 6.04 Å². The summed E-state index contributed by atoms with van der Waals surface area (Å²) in [6.45, 7) is 10.1. The highest BCUT2D eigenvalue weighted by Crippen LogP contribution is 2.26. The monoisotopic (exact) mass is 488 g/mol. The molecule has 0 aliphatic rings. The van der Waals surface area contributed by atoms with Gasteiger partial charge in [-0.05, 0) is 62.4 Å². The van der Waals surface area contributed by atoms with Crippen molar-refractivity contribution in [3.05, 3.63) is 63.6 Å². The quantitative estimate of drug-likeness (QED) is 0.501. The zero-order chi connectivity index (χ0) is 23.0. The van der Waals surface area contributed by atoms with Gasteiger partial charge in [0.2, 0.25) is 5.91 Å². The Bertz CT molecular complexity index is 863. The lowest BCUT2D eigenvalue weighted by Crippen LogP contribution is -2.51. The number of ether oxygens (including phenoxy) is 1. The highest BCUT2D eigenvalue weighted by molar-refractivity contribution is 9.10. The number of nitrogens with one attached hydrogen (secondary N) is 1. The van der Waals surface area contributed by atoms with Gasteiger partial charge in [-0.3, -0.25) is 9.59 Å². The Hall–Kier alpha value is -2.34. The van der Waals surface area contributed by atoms with Crippen LogP contribution in [0, 0.1) is 13.8 Å². The maximum atomic E-state index is 13.2. The summed E-state index contributed by atoms with van der Waals surface area (Å²) < 4.78 is 6.87. The molecule has 0 aliphatic heterocycles. The Balaban J connectivity index is 2.21. The van der Waals surface area contributed by atoms with Gasteiger partial charge in [0.25, 0.3) is 5.91 Å². The predicted octanol–water partition coefficient (Wildman–Crippen LogP) is 5.17. The first-order valence-corrected chi connectivity index (χ1v) is 11.6. The molecule has 0 saturated heterocycles. The average molecular weight is 489 g/mol. The van der Waals surface area contributed by atoms with Crippen LogP contribution in [0.5, 0.6) is 5.75 Å². The molecule has 2 rings (SSSR count). The van der Waals surface area contributed by atoms with Crippen LogP contribution in [0.2, 0.25) is 0 Å². The maximum absolute atomic E-state index is 13.2. The number of amides is 2. The SMILES string of the molecule is CC[C@H](C)NC(=O)[C@H](CC)N(Cc1ccccc1)C(=O)COc1cc(C)c(Br)c(C)c1. The minimum atomic E-state index is -0.557. The fourth-order valence-electron chi connectivity index (χ4n) is 3.36. The van der Waals surface area contributed by atoms with Gasteiger partial charge in [-0.2, -0.15) is 0 Å². The van der Waals surface area contributed by atoms with Crippen LogP contribution in [0.1, 0.15) is 50.3 Å². The van der Waals surface area contributed by atoms with Crippen molar-refractivity contribution < 1.29 is 14.3 Å². The van der Waals surface area contributed by atoms with Crippen LogP contribution < -0.4 is 10.1 Å². The van der Waals surface area contributed by atoms with Crippen molar-refractivity contribution in [1.29, 1.82) is 0 Å². The third-order valence-corrected chi connectivity index (χ3v) is 6.61. The van der Waals surface area contributed by atoms with E-state index in [1.165, 1.54) is 0 Å². The smallest absolute Gasteiger partial charge is 0.261 e. The molecule has 2 atom stereocenters. The molecule has 0 aromatic heterocycles. The second-order valence-corrected chi connectivity index (χ2v) is 8.70. The van der Waals surface area contributed by atoms with Gasteiger partial charge in [-0.1, -0.05) is 60.1 Å². The van der Waals surface area contributed by atoms with Crippen molar-refractivity contribution in [2.45, 2.75) is 66.1 Å². The molecule has 0 spiro atoms. The molecule has 0 unspecified atom stereocenters. The van der Waals surface area contributed by atoms with Crippen molar-refractivity contribution in [3.8, 4) is 5.75 Å². The zero-order valence-corrected chi connectivity index (χ0v) is 20.7. The van der Waals surface area contributed by atoms with Crippen molar-refractivity contribution in [2.24, 2.45) is 0 Å². The summed E-state index contributed by atoms with van der Waals surface area (Å²) in [6, 6.07) is 13.0. The van der Waals surface area contributed by atoms with E-state index in [2.05, 4.69) is 21.2 Å². The number of carbonyl (C=O) groups excluding carboxylic acids is 2. The Kier molecular flexibility index (Phi) is 9.56. The van der Waals surface area contributed by atoms with Crippen LogP contribution in [-0.4, -0.2) is 35.4 Å². The van der Waals surface area contributed by atoms with Crippen LogP contribution in [0.3, 0.4) is 0 Å². The lowest BCUT2D eigenvalue weighted by molar-refractivity contribution is -0.143. The van der Waals surface area contributed by atoms with Gasteiger partial charge in [0.05, 0.1) is 0 Å². The number of aryl methyl sites for hydroxylation is 2. The molecule has 2 aromatic carbocycles. The van der Waals surface area contributed by atoms with Gasteiger partial charge in [0.1, 0.15) is 11.8 Å². The largest absolute Gasteiger partial charge is 0.484 e. The number of rotatable bonds is 10. The lowest BCUT2D eigenvalue weighted by atomic mass is 10.1. The molecule has 0 saturated carbocycles. The normalized spacial score (nSPS) is 12.7. The molecular weight excluding hydrogens is 456 g/mol. The van der Waals surface area contributed by atoms with Crippen LogP contribution in [0.25, 0.3) is 0 Å². The van der Waals surface area contributed by atoms with Crippen LogP contribution in [-0.2, 0) is 16.1 Å². The topological polar surface area (TPSA) is 58.6 Å². The maximum Gasteiger partial charge on any atom is 0.261 e. The van der Waals surface area contributed by atoms with Gasteiger partial charge in [0.15, 0.2) is 6.61 Å². The Morgan fingerprint density at radius 3 is 2.23 bits per heavy atom. The van der Waals surface area contributed by atoms with Gasteiger partial charge in [0, 0.05) is 17.1 Å². The fraction of sp³-hybridized carbons (Fsp3) is 0.440. The zero-order valence-electron chi connectivity index (χ0n) is 19.1. The van der Waals surface area contributed by atoms with E-state index in [9.17, 15) is 9.59 Å².